The number of aromatic hydroxyl groups is 1. The Labute approximate surface area is 194 Å². The van der Waals surface area contributed by atoms with Crippen LogP contribution in [0.25, 0.3) is 0 Å². The molecule has 0 unspecified atom stereocenters. The fourth-order valence-electron chi connectivity index (χ4n) is 2.85. The molecule has 2 rings (SSSR count). The van der Waals surface area contributed by atoms with Crippen molar-refractivity contribution in [2.24, 2.45) is 5.92 Å². The van der Waals surface area contributed by atoms with E-state index < -0.39 is 18.2 Å². The van der Waals surface area contributed by atoms with E-state index in [2.05, 4.69) is 33.9 Å². The highest BCUT2D eigenvalue weighted by Gasteiger charge is 2.27. The Kier molecular flexibility index (Phi) is 9.39. The van der Waals surface area contributed by atoms with Gasteiger partial charge in [-0.2, -0.15) is 12.6 Å². The van der Waals surface area contributed by atoms with Crippen LogP contribution in [0.4, 0.5) is 10.5 Å². The van der Waals surface area contributed by atoms with Crippen LogP contribution in [0.15, 0.2) is 46.9 Å². The molecule has 0 aliphatic heterocycles. The number of hydrogen-bond donors (Lipinski definition) is 3. The van der Waals surface area contributed by atoms with E-state index in [4.69, 9.17) is 9.47 Å². The molecule has 7 nitrogen and oxygen atoms in total. The molecule has 2 N–H and O–H groups in total. The second kappa shape index (κ2) is 11.8. The third-order valence-electron chi connectivity index (χ3n) is 4.55. The van der Waals surface area contributed by atoms with Crippen molar-refractivity contribution < 1.29 is 29.0 Å². The second-order valence-electron chi connectivity index (χ2n) is 6.93. The molecule has 0 aliphatic carbocycles. The Bertz CT molecular complexity index is 934. The monoisotopic (exact) mass is 509 g/mol. The Balaban J connectivity index is 2.15. The van der Waals surface area contributed by atoms with Gasteiger partial charge in [-0.25, -0.2) is 4.79 Å². The number of nitrogens with one attached hydrogen (secondary N) is 1. The molecule has 2 aromatic carbocycles. The van der Waals surface area contributed by atoms with E-state index >= 15 is 0 Å². The van der Waals surface area contributed by atoms with Crippen LogP contribution in [0, 0.1) is 5.92 Å². The van der Waals surface area contributed by atoms with E-state index in [1.807, 2.05) is 6.92 Å². The Morgan fingerprint density at radius 2 is 1.84 bits per heavy atom. The number of phenols is 1. The lowest BCUT2D eigenvalue weighted by molar-refractivity contribution is -0.141. The summed E-state index contributed by atoms with van der Waals surface area (Å²) >= 11 is 7.22. The van der Waals surface area contributed by atoms with Crippen LogP contribution in [-0.2, 0) is 14.3 Å². The van der Waals surface area contributed by atoms with Crippen LogP contribution in [0.5, 0.6) is 5.75 Å². The van der Waals surface area contributed by atoms with Gasteiger partial charge < -0.3 is 14.6 Å². The van der Waals surface area contributed by atoms with E-state index in [-0.39, 0.29) is 29.8 Å². The SMILES string of the molecule is CC(=O)c1ccc(NC(=O)O[C@@H](c2cc(Br)ccc2O)[C@H](C)CCOC(=O)CS)cc1. The lowest BCUT2D eigenvalue weighted by atomic mass is 9.94. The maximum Gasteiger partial charge on any atom is 0.412 e. The average Bonchev–Trinajstić information content (AvgIpc) is 2.74. The lowest BCUT2D eigenvalue weighted by Gasteiger charge is -2.25. The zero-order chi connectivity index (χ0) is 23.0. The van der Waals surface area contributed by atoms with Gasteiger partial charge in [0.1, 0.15) is 11.9 Å². The minimum Gasteiger partial charge on any atom is -0.508 e. The zero-order valence-corrected chi connectivity index (χ0v) is 19.6. The van der Waals surface area contributed by atoms with Gasteiger partial charge in [-0.05, 0) is 55.8 Å². The smallest absolute Gasteiger partial charge is 0.412 e. The molecule has 0 heterocycles. The van der Waals surface area contributed by atoms with Gasteiger partial charge in [-0.15, -0.1) is 0 Å². The van der Waals surface area contributed by atoms with E-state index in [0.717, 1.165) is 0 Å². The van der Waals surface area contributed by atoms with Crippen molar-refractivity contribution in [1.82, 2.24) is 0 Å². The molecule has 0 aromatic heterocycles. The molecule has 0 saturated heterocycles. The first-order valence-electron chi connectivity index (χ1n) is 9.54. The number of anilines is 1. The number of Topliss-reactive ketones (excluding diaryl/α,β-unsaturated/α-hetero) is 1. The molecule has 31 heavy (non-hydrogen) atoms. The van der Waals surface area contributed by atoms with E-state index in [9.17, 15) is 19.5 Å². The first-order chi connectivity index (χ1) is 14.7. The molecule has 9 heteroatoms. The molecule has 1 amide bonds. The number of carbonyl (C=O) groups is 3. The predicted molar refractivity (Wildman–Crippen MR) is 124 cm³/mol. The molecule has 2 atom stereocenters. The van der Waals surface area contributed by atoms with Crippen LogP contribution >= 0.6 is 28.6 Å². The number of ether oxygens (including phenoxy) is 2. The van der Waals surface area contributed by atoms with Crippen molar-refractivity contribution >= 4 is 52.1 Å². The Morgan fingerprint density at radius 3 is 2.45 bits per heavy atom. The number of rotatable bonds is 9. The highest BCUT2D eigenvalue weighted by atomic mass is 79.9. The molecular formula is C22H24BrNO6S. The van der Waals surface area contributed by atoms with Gasteiger partial charge in [-0.1, -0.05) is 22.9 Å². The number of ketones is 1. The minimum absolute atomic E-state index is 0.0222. The van der Waals surface area contributed by atoms with Gasteiger partial charge in [0.15, 0.2) is 5.78 Å². The summed E-state index contributed by atoms with van der Waals surface area (Å²) in [6, 6.07) is 11.3. The summed E-state index contributed by atoms with van der Waals surface area (Å²) in [6.45, 7) is 3.42. The first-order valence-corrected chi connectivity index (χ1v) is 11.0. The molecule has 0 fully saturated rings. The van der Waals surface area contributed by atoms with Gasteiger partial charge in [0, 0.05) is 27.2 Å². The third-order valence-corrected chi connectivity index (χ3v) is 5.30. The van der Waals surface area contributed by atoms with Crippen molar-refractivity contribution in [1.29, 1.82) is 0 Å². The number of phenolic OH excluding ortho intramolecular Hbond substituents is 1. The summed E-state index contributed by atoms with van der Waals surface area (Å²) in [5, 5.41) is 13.0. The molecule has 0 bridgehead atoms. The highest BCUT2D eigenvalue weighted by molar-refractivity contribution is 9.10. The molecular weight excluding hydrogens is 486 g/mol. The molecule has 0 radical (unpaired) electrons. The van der Waals surface area contributed by atoms with E-state index in [0.29, 0.717) is 27.7 Å². The number of esters is 1. The standard InChI is InChI=1S/C22H24BrNO6S/c1-13(9-10-29-20(27)12-31)21(18-11-16(23)5-8-19(18)26)30-22(28)24-17-6-3-15(4-7-17)14(2)25/h3-8,11,13,21,26,31H,9-10,12H2,1-2H3,(H,24,28)/t13-,21-/m1/s1. The summed E-state index contributed by atoms with van der Waals surface area (Å²) in [7, 11) is 0. The van der Waals surface area contributed by atoms with Crippen LogP contribution < -0.4 is 5.32 Å². The summed E-state index contributed by atoms with van der Waals surface area (Å²) < 4.78 is 11.4. The van der Waals surface area contributed by atoms with Gasteiger partial charge in [0.25, 0.3) is 0 Å². The summed E-state index contributed by atoms with van der Waals surface area (Å²) in [4.78, 5) is 35.3. The van der Waals surface area contributed by atoms with Crippen molar-refractivity contribution in [2.45, 2.75) is 26.4 Å². The van der Waals surface area contributed by atoms with Crippen LogP contribution in [0.3, 0.4) is 0 Å². The van der Waals surface area contributed by atoms with Gasteiger partial charge in [-0.3, -0.25) is 14.9 Å². The molecule has 0 spiro atoms. The zero-order valence-electron chi connectivity index (χ0n) is 17.1. The van der Waals surface area contributed by atoms with Crippen LogP contribution in [-0.4, -0.2) is 35.3 Å². The number of hydrogen-bond acceptors (Lipinski definition) is 7. The number of halogens is 1. The van der Waals surface area contributed by atoms with Crippen molar-refractivity contribution in [3.05, 3.63) is 58.1 Å². The van der Waals surface area contributed by atoms with Crippen molar-refractivity contribution in [2.75, 3.05) is 17.7 Å². The lowest BCUT2D eigenvalue weighted by Crippen LogP contribution is -2.23. The highest BCUT2D eigenvalue weighted by Crippen LogP contribution is 2.36. The predicted octanol–water partition coefficient (Wildman–Crippen LogP) is 5.15. The second-order valence-corrected chi connectivity index (χ2v) is 8.16. The number of amides is 1. The fraction of sp³-hybridized carbons (Fsp3) is 0.318. The third kappa shape index (κ3) is 7.59. The first kappa shape index (κ1) is 24.7. The summed E-state index contributed by atoms with van der Waals surface area (Å²) in [5.41, 5.74) is 1.41. The van der Waals surface area contributed by atoms with E-state index in [1.165, 1.54) is 13.0 Å². The summed E-state index contributed by atoms with van der Waals surface area (Å²) in [6.07, 6.45) is -1.13. The Hall–Kier alpha value is -2.52. The maximum atomic E-state index is 12.6. The molecule has 0 saturated carbocycles. The normalized spacial score (nSPS) is 12.5. The Morgan fingerprint density at radius 1 is 1.16 bits per heavy atom. The number of carbonyl (C=O) groups excluding carboxylic acids is 3. The maximum absolute atomic E-state index is 12.6. The largest absolute Gasteiger partial charge is 0.508 e. The van der Waals surface area contributed by atoms with Crippen molar-refractivity contribution in [3.63, 3.8) is 0 Å². The fourth-order valence-corrected chi connectivity index (χ4v) is 3.32. The molecule has 0 aliphatic rings. The van der Waals surface area contributed by atoms with Crippen LogP contribution in [0.2, 0.25) is 0 Å². The number of thiol groups is 1. The quantitative estimate of drug-likeness (QED) is 0.245. The minimum atomic E-state index is -0.802. The number of benzene rings is 2. The van der Waals surface area contributed by atoms with Gasteiger partial charge in [0.05, 0.1) is 12.4 Å². The van der Waals surface area contributed by atoms with Gasteiger partial charge >= 0.3 is 12.1 Å². The van der Waals surface area contributed by atoms with Crippen LogP contribution in [0.1, 0.15) is 42.3 Å². The van der Waals surface area contributed by atoms with E-state index in [1.54, 1.807) is 36.4 Å². The average molecular weight is 510 g/mol. The molecule has 166 valence electrons. The van der Waals surface area contributed by atoms with Crippen molar-refractivity contribution in [3.8, 4) is 5.75 Å². The topological polar surface area (TPSA) is 102 Å². The molecule has 2 aromatic rings. The van der Waals surface area contributed by atoms with Gasteiger partial charge in [0.2, 0.25) is 0 Å². The summed E-state index contributed by atoms with van der Waals surface area (Å²) in [5.74, 6) is -0.840.